The Kier molecular flexibility index (Phi) is 2.75. The van der Waals surface area contributed by atoms with Gasteiger partial charge in [-0.25, -0.2) is 9.69 Å². The number of imide groups is 1. The molecule has 5 heteroatoms. The molecule has 0 bridgehead atoms. The summed E-state index contributed by atoms with van der Waals surface area (Å²) in [6, 6.07) is 5.71. The fourth-order valence-corrected chi connectivity index (χ4v) is 2.42. The largest absolute Gasteiger partial charge is 0.478 e. The Labute approximate surface area is 114 Å². The summed E-state index contributed by atoms with van der Waals surface area (Å²) in [6.07, 6.45) is 4.88. The molecule has 1 aliphatic carbocycles. The maximum Gasteiger partial charge on any atom is 0.335 e. The van der Waals surface area contributed by atoms with Crippen molar-refractivity contribution in [2.45, 2.75) is 12.8 Å². The van der Waals surface area contributed by atoms with Crippen LogP contribution in [0.1, 0.15) is 23.2 Å². The molecule has 0 saturated heterocycles. The van der Waals surface area contributed by atoms with E-state index in [-0.39, 0.29) is 17.4 Å². The Morgan fingerprint density at radius 3 is 2.40 bits per heavy atom. The zero-order valence-corrected chi connectivity index (χ0v) is 10.5. The molecule has 0 spiro atoms. The van der Waals surface area contributed by atoms with Crippen LogP contribution in [-0.4, -0.2) is 22.9 Å². The number of hydrogen-bond donors (Lipinski definition) is 1. The molecule has 0 saturated carbocycles. The molecular weight excluding hydrogens is 258 g/mol. The number of aromatic carboxylic acids is 1. The van der Waals surface area contributed by atoms with E-state index < -0.39 is 5.97 Å². The minimum atomic E-state index is -1.05. The van der Waals surface area contributed by atoms with Gasteiger partial charge in [0.25, 0.3) is 11.8 Å². The van der Waals surface area contributed by atoms with Gasteiger partial charge in [-0.3, -0.25) is 9.59 Å². The average Bonchev–Trinajstić information content (AvgIpc) is 2.72. The first-order valence-corrected chi connectivity index (χ1v) is 6.21. The molecule has 0 unspecified atom stereocenters. The average molecular weight is 269 g/mol. The van der Waals surface area contributed by atoms with Gasteiger partial charge in [-0.15, -0.1) is 0 Å². The van der Waals surface area contributed by atoms with Gasteiger partial charge in [0.05, 0.1) is 11.3 Å². The molecule has 1 N–H and O–H groups in total. The second-order valence-electron chi connectivity index (χ2n) is 4.63. The van der Waals surface area contributed by atoms with Crippen molar-refractivity contribution in [3.05, 3.63) is 53.1 Å². The number of anilines is 1. The molecule has 0 radical (unpaired) electrons. The quantitative estimate of drug-likeness (QED) is 0.832. The van der Waals surface area contributed by atoms with Crippen LogP contribution in [0.3, 0.4) is 0 Å². The van der Waals surface area contributed by atoms with Gasteiger partial charge in [-0.05, 0) is 37.1 Å². The van der Waals surface area contributed by atoms with Crippen molar-refractivity contribution < 1.29 is 19.5 Å². The summed E-state index contributed by atoms with van der Waals surface area (Å²) in [5, 5.41) is 8.85. The van der Waals surface area contributed by atoms with Crippen LogP contribution in [0.15, 0.2) is 47.6 Å². The van der Waals surface area contributed by atoms with E-state index in [1.165, 1.54) is 24.3 Å². The molecule has 3 rings (SSSR count). The normalized spacial score (nSPS) is 17.7. The first kappa shape index (κ1) is 12.3. The molecule has 0 fully saturated rings. The van der Waals surface area contributed by atoms with Gasteiger partial charge in [-0.2, -0.15) is 0 Å². The number of carboxylic acid groups (broad SMARTS) is 1. The maximum atomic E-state index is 12.3. The third-order valence-corrected chi connectivity index (χ3v) is 3.44. The molecule has 1 heterocycles. The molecule has 100 valence electrons. The molecule has 1 aliphatic heterocycles. The molecular formula is C15H11NO4. The highest BCUT2D eigenvalue weighted by molar-refractivity contribution is 6.34. The second-order valence-corrected chi connectivity index (χ2v) is 4.63. The van der Waals surface area contributed by atoms with E-state index in [0.29, 0.717) is 23.3 Å². The second kappa shape index (κ2) is 4.45. The predicted octanol–water partition coefficient (Wildman–Crippen LogP) is 1.90. The number of carbonyl (C=O) groups excluding carboxylic acids is 2. The zero-order chi connectivity index (χ0) is 14.3. The van der Waals surface area contributed by atoms with E-state index in [4.69, 9.17) is 5.11 Å². The van der Waals surface area contributed by atoms with Gasteiger partial charge >= 0.3 is 5.97 Å². The standard InChI is InChI=1S/C15H11NO4/c17-13-11-3-1-2-4-12(11)14(18)16(13)10-7-5-9(6-8-10)15(19)20/h1,3,5-8H,2,4H2,(H,19,20). The van der Waals surface area contributed by atoms with E-state index in [1.807, 2.05) is 6.08 Å². The van der Waals surface area contributed by atoms with E-state index in [0.717, 1.165) is 11.3 Å². The summed E-state index contributed by atoms with van der Waals surface area (Å²) < 4.78 is 0. The highest BCUT2D eigenvalue weighted by atomic mass is 16.4. The van der Waals surface area contributed by atoms with Crippen molar-refractivity contribution in [1.82, 2.24) is 0 Å². The summed E-state index contributed by atoms with van der Waals surface area (Å²) in [5.41, 5.74) is 1.50. The first-order chi connectivity index (χ1) is 9.59. The van der Waals surface area contributed by atoms with Crippen molar-refractivity contribution >= 4 is 23.5 Å². The minimum Gasteiger partial charge on any atom is -0.478 e. The third-order valence-electron chi connectivity index (χ3n) is 3.44. The van der Waals surface area contributed by atoms with Crippen LogP contribution < -0.4 is 4.90 Å². The predicted molar refractivity (Wildman–Crippen MR) is 71.3 cm³/mol. The van der Waals surface area contributed by atoms with Crippen LogP contribution in [0, 0.1) is 0 Å². The molecule has 2 aliphatic rings. The smallest absolute Gasteiger partial charge is 0.335 e. The zero-order valence-electron chi connectivity index (χ0n) is 10.5. The molecule has 1 aromatic rings. The van der Waals surface area contributed by atoms with Crippen LogP contribution in [0.25, 0.3) is 0 Å². The summed E-state index contributed by atoms with van der Waals surface area (Å²) in [5.74, 6) is -1.70. The first-order valence-electron chi connectivity index (χ1n) is 6.21. The van der Waals surface area contributed by atoms with Crippen LogP contribution in [0.5, 0.6) is 0 Å². The lowest BCUT2D eigenvalue weighted by Gasteiger charge is -2.14. The lowest BCUT2D eigenvalue weighted by molar-refractivity contribution is -0.120. The van der Waals surface area contributed by atoms with Crippen LogP contribution in [-0.2, 0) is 9.59 Å². The summed E-state index contributed by atoms with van der Waals surface area (Å²) in [7, 11) is 0. The summed E-state index contributed by atoms with van der Waals surface area (Å²) >= 11 is 0. The Bertz CT molecular complexity index is 682. The topological polar surface area (TPSA) is 74.7 Å². The van der Waals surface area contributed by atoms with E-state index >= 15 is 0 Å². The Morgan fingerprint density at radius 2 is 1.80 bits per heavy atom. The lowest BCUT2D eigenvalue weighted by atomic mass is 10.00. The number of rotatable bonds is 2. The number of amides is 2. The Morgan fingerprint density at radius 1 is 1.10 bits per heavy atom. The van der Waals surface area contributed by atoms with Gasteiger partial charge in [0, 0.05) is 11.1 Å². The molecule has 1 aromatic carbocycles. The van der Waals surface area contributed by atoms with Gasteiger partial charge < -0.3 is 5.11 Å². The number of carboxylic acids is 1. The lowest BCUT2D eigenvalue weighted by Crippen LogP contribution is -2.31. The van der Waals surface area contributed by atoms with Crippen LogP contribution >= 0.6 is 0 Å². The van der Waals surface area contributed by atoms with Crippen molar-refractivity contribution in [2.75, 3.05) is 4.90 Å². The Balaban J connectivity index is 1.96. The number of hydrogen-bond acceptors (Lipinski definition) is 3. The van der Waals surface area contributed by atoms with Crippen molar-refractivity contribution in [3.63, 3.8) is 0 Å². The minimum absolute atomic E-state index is 0.116. The SMILES string of the molecule is O=C(O)c1ccc(N2C(=O)C3=C(CCC=C3)C2=O)cc1. The third kappa shape index (κ3) is 1.75. The van der Waals surface area contributed by atoms with Crippen molar-refractivity contribution in [1.29, 1.82) is 0 Å². The van der Waals surface area contributed by atoms with Crippen LogP contribution in [0.4, 0.5) is 5.69 Å². The maximum absolute atomic E-state index is 12.3. The van der Waals surface area contributed by atoms with E-state index in [9.17, 15) is 14.4 Å². The van der Waals surface area contributed by atoms with Gasteiger partial charge in [0.15, 0.2) is 0 Å². The highest BCUT2D eigenvalue weighted by Crippen LogP contribution is 2.32. The van der Waals surface area contributed by atoms with Gasteiger partial charge in [0.1, 0.15) is 0 Å². The number of carbonyl (C=O) groups is 3. The monoisotopic (exact) mass is 269 g/mol. The fraction of sp³-hybridized carbons (Fsp3) is 0.133. The molecule has 5 nitrogen and oxygen atoms in total. The van der Waals surface area contributed by atoms with Crippen molar-refractivity contribution in [3.8, 4) is 0 Å². The van der Waals surface area contributed by atoms with Crippen molar-refractivity contribution in [2.24, 2.45) is 0 Å². The van der Waals surface area contributed by atoms with Gasteiger partial charge in [0.2, 0.25) is 0 Å². The number of allylic oxidation sites excluding steroid dienone is 1. The Hall–Kier alpha value is -2.69. The summed E-state index contributed by atoms with van der Waals surface area (Å²) in [6.45, 7) is 0. The highest BCUT2D eigenvalue weighted by Gasteiger charge is 2.38. The summed E-state index contributed by atoms with van der Waals surface area (Å²) in [4.78, 5) is 36.4. The van der Waals surface area contributed by atoms with E-state index in [2.05, 4.69) is 0 Å². The number of nitrogens with zero attached hydrogens (tertiary/aromatic N) is 1. The molecule has 0 atom stereocenters. The molecule has 2 amide bonds. The molecule has 20 heavy (non-hydrogen) atoms. The fourth-order valence-electron chi connectivity index (χ4n) is 2.42. The van der Waals surface area contributed by atoms with Gasteiger partial charge in [-0.1, -0.05) is 12.2 Å². The van der Waals surface area contributed by atoms with Crippen LogP contribution in [0.2, 0.25) is 0 Å². The number of benzene rings is 1. The van der Waals surface area contributed by atoms with E-state index in [1.54, 1.807) is 6.08 Å². The molecule has 0 aromatic heterocycles.